The number of carbonyl (C=O) groups is 1. The smallest absolute Gasteiger partial charge is 0.349 e. The van der Waals surface area contributed by atoms with E-state index in [2.05, 4.69) is 17.7 Å². The van der Waals surface area contributed by atoms with E-state index in [1.54, 1.807) is 24.3 Å². The summed E-state index contributed by atoms with van der Waals surface area (Å²) in [5, 5.41) is 9.86. The zero-order valence-corrected chi connectivity index (χ0v) is 21.6. The first-order chi connectivity index (χ1) is 19.7. The summed E-state index contributed by atoms with van der Waals surface area (Å²) in [4.78, 5) is 12.3. The summed E-state index contributed by atoms with van der Waals surface area (Å²) in [5.41, 5.74) is 7.37. The van der Waals surface area contributed by atoms with Gasteiger partial charge in [-0.25, -0.2) is 18.0 Å². The van der Waals surface area contributed by atoms with Crippen molar-refractivity contribution in [3.8, 4) is 29.1 Å². The standard InChI is InChI=1S/C29H23F5N2O5/c1-2-3-6-11-38-19-8-5-4-7-16(19)22-17-10-9-15(12-20(17)41-29(36)18(22)13-35)40-21(37)14-39-28-26(33)24(31)23(30)25(32)27(28)34/h4-5,7-10,12,22H,2-3,6,11,14,36H2,1H3. The second-order valence-corrected chi connectivity index (χ2v) is 8.88. The fourth-order valence-corrected chi connectivity index (χ4v) is 4.21. The van der Waals surface area contributed by atoms with Gasteiger partial charge in [-0.1, -0.05) is 44.0 Å². The van der Waals surface area contributed by atoms with Gasteiger partial charge in [0.25, 0.3) is 0 Å². The molecule has 1 aliphatic heterocycles. The van der Waals surface area contributed by atoms with Crippen LogP contribution in [0, 0.1) is 40.4 Å². The van der Waals surface area contributed by atoms with E-state index in [1.165, 1.54) is 18.2 Å². The molecule has 7 nitrogen and oxygen atoms in total. The molecule has 1 aliphatic rings. The first-order valence-electron chi connectivity index (χ1n) is 12.5. The summed E-state index contributed by atoms with van der Waals surface area (Å²) in [5.74, 6) is -14.3. The summed E-state index contributed by atoms with van der Waals surface area (Å²) in [6, 6.07) is 13.4. The van der Waals surface area contributed by atoms with Crippen LogP contribution < -0.4 is 24.7 Å². The number of halogens is 5. The largest absolute Gasteiger partial charge is 0.493 e. The summed E-state index contributed by atoms with van der Waals surface area (Å²) in [7, 11) is 0. The van der Waals surface area contributed by atoms with Gasteiger partial charge in [-0.3, -0.25) is 0 Å². The van der Waals surface area contributed by atoms with Gasteiger partial charge in [0.05, 0.1) is 12.5 Å². The number of hydrogen-bond donors (Lipinski definition) is 1. The molecule has 3 aromatic carbocycles. The molecule has 41 heavy (non-hydrogen) atoms. The van der Waals surface area contributed by atoms with Gasteiger partial charge in [-0.05, 0) is 18.6 Å². The fraction of sp³-hybridized carbons (Fsp3) is 0.241. The van der Waals surface area contributed by atoms with E-state index in [-0.39, 0.29) is 23.0 Å². The Balaban J connectivity index is 1.56. The second-order valence-electron chi connectivity index (χ2n) is 8.88. The molecule has 0 fully saturated rings. The molecule has 3 aromatic rings. The third-order valence-electron chi connectivity index (χ3n) is 6.16. The SMILES string of the molecule is CCCCCOc1ccccc1C1C(C#N)=C(N)Oc2cc(OC(=O)COc3c(F)c(F)c(F)c(F)c3F)ccc21. The van der Waals surface area contributed by atoms with Crippen LogP contribution in [0.1, 0.15) is 43.2 Å². The normalized spacial score (nSPS) is 14.1. The van der Waals surface area contributed by atoms with E-state index in [1.807, 2.05) is 0 Å². The van der Waals surface area contributed by atoms with Crippen molar-refractivity contribution in [2.75, 3.05) is 13.2 Å². The van der Waals surface area contributed by atoms with E-state index >= 15 is 0 Å². The minimum Gasteiger partial charge on any atom is -0.493 e. The van der Waals surface area contributed by atoms with Crippen LogP contribution in [-0.2, 0) is 4.79 Å². The molecule has 4 rings (SSSR count). The summed E-state index contributed by atoms with van der Waals surface area (Å²) >= 11 is 0. The number of fused-ring (bicyclic) bond motifs is 1. The van der Waals surface area contributed by atoms with E-state index in [9.17, 15) is 32.0 Å². The van der Waals surface area contributed by atoms with Gasteiger partial charge in [-0.2, -0.15) is 14.0 Å². The first kappa shape index (κ1) is 29.2. The first-order valence-corrected chi connectivity index (χ1v) is 12.5. The summed E-state index contributed by atoms with van der Waals surface area (Å²) < 4.78 is 88.8. The quantitative estimate of drug-likeness (QED) is 0.0773. The minimum absolute atomic E-state index is 0.106. The summed E-state index contributed by atoms with van der Waals surface area (Å²) in [6.45, 7) is 1.37. The van der Waals surface area contributed by atoms with E-state index in [4.69, 9.17) is 19.9 Å². The zero-order valence-electron chi connectivity index (χ0n) is 21.6. The molecular weight excluding hydrogens is 551 g/mol. The van der Waals surface area contributed by atoms with Gasteiger partial charge in [0.2, 0.25) is 35.0 Å². The lowest BCUT2D eigenvalue weighted by Crippen LogP contribution is -2.22. The van der Waals surface area contributed by atoms with E-state index in [0.29, 0.717) is 23.5 Å². The molecule has 0 spiro atoms. The number of nitrogens with zero attached hydrogens (tertiary/aromatic N) is 1. The zero-order chi connectivity index (χ0) is 29.7. The van der Waals surface area contributed by atoms with Gasteiger partial charge in [0.15, 0.2) is 12.4 Å². The Bertz CT molecular complexity index is 1520. The highest BCUT2D eigenvalue weighted by Crippen LogP contribution is 2.46. The molecule has 0 amide bonds. The van der Waals surface area contributed by atoms with Gasteiger partial charge in [-0.15, -0.1) is 0 Å². The number of para-hydroxylation sites is 1. The second kappa shape index (κ2) is 12.6. The highest BCUT2D eigenvalue weighted by molar-refractivity contribution is 5.74. The van der Waals surface area contributed by atoms with Crippen molar-refractivity contribution in [1.82, 2.24) is 0 Å². The number of unbranched alkanes of at least 4 members (excludes halogenated alkanes) is 2. The minimum atomic E-state index is -2.36. The number of nitrogens with two attached hydrogens (primary N) is 1. The number of esters is 1. The van der Waals surface area contributed by atoms with Crippen LogP contribution in [0.2, 0.25) is 0 Å². The average molecular weight is 575 g/mol. The monoisotopic (exact) mass is 574 g/mol. The van der Waals surface area contributed by atoms with Crippen molar-refractivity contribution in [2.24, 2.45) is 5.73 Å². The molecule has 0 aliphatic carbocycles. The third kappa shape index (κ3) is 6.04. The topological polar surface area (TPSA) is 104 Å². The predicted molar refractivity (Wildman–Crippen MR) is 135 cm³/mol. The van der Waals surface area contributed by atoms with Crippen molar-refractivity contribution >= 4 is 5.97 Å². The molecule has 2 N–H and O–H groups in total. The van der Waals surface area contributed by atoms with Crippen LogP contribution in [0.15, 0.2) is 53.9 Å². The Morgan fingerprint density at radius 1 is 0.951 bits per heavy atom. The van der Waals surface area contributed by atoms with Crippen molar-refractivity contribution in [1.29, 1.82) is 5.26 Å². The lowest BCUT2D eigenvalue weighted by molar-refractivity contribution is -0.136. The Morgan fingerprint density at radius 3 is 2.32 bits per heavy atom. The number of ether oxygens (including phenoxy) is 4. The maximum atomic E-state index is 13.8. The van der Waals surface area contributed by atoms with Gasteiger partial charge in [0.1, 0.15) is 28.9 Å². The molecule has 214 valence electrons. The van der Waals surface area contributed by atoms with Crippen molar-refractivity contribution in [2.45, 2.75) is 32.1 Å². The molecule has 0 aromatic heterocycles. The highest BCUT2D eigenvalue weighted by Gasteiger charge is 2.33. The van der Waals surface area contributed by atoms with Crippen LogP contribution >= 0.6 is 0 Å². The van der Waals surface area contributed by atoms with Crippen LogP contribution in [-0.4, -0.2) is 19.2 Å². The van der Waals surface area contributed by atoms with Crippen LogP contribution in [0.25, 0.3) is 0 Å². The molecule has 1 atom stereocenters. The Morgan fingerprint density at radius 2 is 1.63 bits per heavy atom. The van der Waals surface area contributed by atoms with Crippen LogP contribution in [0.3, 0.4) is 0 Å². The lowest BCUT2D eigenvalue weighted by Gasteiger charge is -2.28. The number of benzene rings is 3. The van der Waals surface area contributed by atoms with Gasteiger partial charge < -0.3 is 24.7 Å². The Kier molecular flexibility index (Phi) is 8.97. The van der Waals surface area contributed by atoms with Crippen LogP contribution in [0.4, 0.5) is 22.0 Å². The maximum Gasteiger partial charge on any atom is 0.349 e. The third-order valence-corrected chi connectivity index (χ3v) is 6.16. The average Bonchev–Trinajstić information content (AvgIpc) is 2.96. The maximum absolute atomic E-state index is 13.8. The van der Waals surface area contributed by atoms with Crippen molar-refractivity contribution < 1.29 is 45.7 Å². The van der Waals surface area contributed by atoms with Crippen molar-refractivity contribution in [3.05, 3.63) is 94.1 Å². The highest BCUT2D eigenvalue weighted by atomic mass is 19.2. The summed E-state index contributed by atoms with van der Waals surface area (Å²) in [6.07, 6.45) is 2.86. The van der Waals surface area contributed by atoms with E-state index < -0.39 is 53.3 Å². The molecule has 1 unspecified atom stereocenters. The predicted octanol–water partition coefficient (Wildman–Crippen LogP) is 6.15. The molecule has 0 radical (unpaired) electrons. The molecule has 0 saturated carbocycles. The molecule has 1 heterocycles. The lowest BCUT2D eigenvalue weighted by atomic mass is 9.83. The van der Waals surface area contributed by atoms with Crippen molar-refractivity contribution in [3.63, 3.8) is 0 Å². The van der Waals surface area contributed by atoms with Gasteiger partial charge in [0, 0.05) is 17.2 Å². The molecular formula is C29H23F5N2O5. The van der Waals surface area contributed by atoms with E-state index in [0.717, 1.165) is 19.3 Å². The van der Waals surface area contributed by atoms with Gasteiger partial charge >= 0.3 is 5.97 Å². The number of nitriles is 1. The molecule has 0 saturated heterocycles. The number of carbonyl (C=O) groups excluding carboxylic acids is 1. The Labute approximate surface area is 231 Å². The Hall–Kier alpha value is -4.79. The number of hydrogen-bond acceptors (Lipinski definition) is 7. The number of allylic oxidation sites excluding steroid dienone is 1. The molecule has 12 heteroatoms. The van der Waals surface area contributed by atoms with Crippen LogP contribution in [0.5, 0.6) is 23.0 Å². The number of rotatable bonds is 10. The fourth-order valence-electron chi connectivity index (χ4n) is 4.21. The molecule has 0 bridgehead atoms.